The third-order valence-electron chi connectivity index (χ3n) is 2.12. The summed E-state index contributed by atoms with van der Waals surface area (Å²) >= 11 is 5.84. The van der Waals surface area contributed by atoms with Crippen LogP contribution in [-0.2, 0) is 0 Å². The molecule has 0 aliphatic heterocycles. The van der Waals surface area contributed by atoms with Crippen molar-refractivity contribution in [3.8, 4) is 17.2 Å². The standard InChI is InChI=1S/C12H6ClFN2/c13-10-2-1-8(5-15)12(4-10)9-3-11(14)7-16-6-9/h1-4,6-7H. The van der Waals surface area contributed by atoms with Gasteiger partial charge in [0.15, 0.2) is 0 Å². The lowest BCUT2D eigenvalue weighted by Crippen LogP contribution is -1.87. The number of aromatic nitrogens is 1. The predicted octanol–water partition coefficient (Wildman–Crippen LogP) is 3.41. The summed E-state index contributed by atoms with van der Waals surface area (Å²) in [6.07, 6.45) is 2.61. The topological polar surface area (TPSA) is 36.7 Å². The van der Waals surface area contributed by atoms with E-state index in [9.17, 15) is 4.39 Å². The van der Waals surface area contributed by atoms with Crippen molar-refractivity contribution in [3.63, 3.8) is 0 Å². The summed E-state index contributed by atoms with van der Waals surface area (Å²) in [5.74, 6) is -0.443. The van der Waals surface area contributed by atoms with E-state index in [2.05, 4.69) is 4.98 Å². The first-order valence-electron chi connectivity index (χ1n) is 4.51. The molecule has 0 unspecified atom stereocenters. The average Bonchev–Trinajstić information content (AvgIpc) is 2.29. The number of hydrogen-bond donors (Lipinski definition) is 0. The summed E-state index contributed by atoms with van der Waals surface area (Å²) in [6, 6.07) is 8.19. The summed E-state index contributed by atoms with van der Waals surface area (Å²) in [6.45, 7) is 0. The summed E-state index contributed by atoms with van der Waals surface area (Å²) in [5.41, 5.74) is 1.57. The second-order valence-electron chi connectivity index (χ2n) is 3.19. The van der Waals surface area contributed by atoms with Crippen LogP contribution in [0.15, 0.2) is 36.7 Å². The highest BCUT2D eigenvalue weighted by Crippen LogP contribution is 2.26. The van der Waals surface area contributed by atoms with Gasteiger partial charge in [-0.25, -0.2) is 4.39 Å². The van der Waals surface area contributed by atoms with Crippen LogP contribution in [-0.4, -0.2) is 4.98 Å². The second kappa shape index (κ2) is 4.30. The van der Waals surface area contributed by atoms with Crippen LogP contribution in [0.3, 0.4) is 0 Å². The van der Waals surface area contributed by atoms with Gasteiger partial charge in [-0.3, -0.25) is 4.98 Å². The minimum atomic E-state index is -0.443. The van der Waals surface area contributed by atoms with Crippen LogP contribution in [0.2, 0.25) is 5.02 Å². The molecule has 0 aliphatic carbocycles. The van der Waals surface area contributed by atoms with Crippen LogP contribution in [0.4, 0.5) is 4.39 Å². The highest BCUT2D eigenvalue weighted by Gasteiger charge is 2.06. The molecule has 0 radical (unpaired) electrons. The molecule has 1 aromatic carbocycles. The van der Waals surface area contributed by atoms with Crippen molar-refractivity contribution in [1.29, 1.82) is 5.26 Å². The van der Waals surface area contributed by atoms with Gasteiger partial charge in [0.25, 0.3) is 0 Å². The highest BCUT2D eigenvalue weighted by molar-refractivity contribution is 6.30. The van der Waals surface area contributed by atoms with Crippen molar-refractivity contribution >= 4 is 11.6 Å². The zero-order valence-corrected chi connectivity index (χ0v) is 8.87. The van der Waals surface area contributed by atoms with Crippen LogP contribution in [0.5, 0.6) is 0 Å². The van der Waals surface area contributed by atoms with Crippen molar-refractivity contribution < 1.29 is 4.39 Å². The number of rotatable bonds is 1. The molecular formula is C12H6ClFN2. The molecule has 78 valence electrons. The van der Waals surface area contributed by atoms with Crippen LogP contribution < -0.4 is 0 Å². The molecule has 0 saturated carbocycles. The quantitative estimate of drug-likeness (QED) is 0.756. The van der Waals surface area contributed by atoms with Gasteiger partial charge in [0.1, 0.15) is 5.82 Å². The Bertz CT molecular complexity index is 575. The van der Waals surface area contributed by atoms with Crippen LogP contribution >= 0.6 is 11.6 Å². The zero-order valence-electron chi connectivity index (χ0n) is 8.11. The lowest BCUT2D eigenvalue weighted by molar-refractivity contribution is 0.622. The minimum absolute atomic E-state index is 0.441. The van der Waals surface area contributed by atoms with Crippen molar-refractivity contribution in [2.24, 2.45) is 0 Å². The molecule has 0 N–H and O–H groups in total. The lowest BCUT2D eigenvalue weighted by Gasteiger charge is -2.04. The fourth-order valence-electron chi connectivity index (χ4n) is 1.41. The number of halogens is 2. The van der Waals surface area contributed by atoms with E-state index >= 15 is 0 Å². The third kappa shape index (κ3) is 2.02. The van der Waals surface area contributed by atoms with Gasteiger partial charge in [-0.1, -0.05) is 11.6 Å². The normalized spacial score (nSPS) is 9.81. The molecule has 1 aromatic heterocycles. The summed E-state index contributed by atoms with van der Waals surface area (Å²) in [7, 11) is 0. The number of benzene rings is 1. The monoisotopic (exact) mass is 232 g/mol. The van der Waals surface area contributed by atoms with E-state index < -0.39 is 5.82 Å². The molecule has 0 bridgehead atoms. The maximum absolute atomic E-state index is 13.0. The van der Waals surface area contributed by atoms with Gasteiger partial charge in [-0.15, -0.1) is 0 Å². The SMILES string of the molecule is N#Cc1ccc(Cl)cc1-c1cncc(F)c1. The molecule has 2 nitrogen and oxygen atoms in total. The Morgan fingerprint density at radius 2 is 2.06 bits per heavy atom. The molecule has 0 fully saturated rings. The number of pyridine rings is 1. The van der Waals surface area contributed by atoms with Crippen molar-refractivity contribution in [3.05, 3.63) is 53.1 Å². The molecule has 0 saturated heterocycles. The molecule has 0 spiro atoms. The van der Waals surface area contributed by atoms with Gasteiger partial charge in [0.2, 0.25) is 0 Å². The molecule has 0 amide bonds. The second-order valence-corrected chi connectivity index (χ2v) is 3.63. The molecule has 0 atom stereocenters. The maximum atomic E-state index is 13.0. The Hall–Kier alpha value is -1.92. The van der Waals surface area contributed by atoms with Gasteiger partial charge in [-0.2, -0.15) is 5.26 Å². The number of nitriles is 1. The fourth-order valence-corrected chi connectivity index (χ4v) is 1.58. The summed E-state index contributed by atoms with van der Waals surface area (Å²) in [5, 5.41) is 9.43. The van der Waals surface area contributed by atoms with Gasteiger partial charge < -0.3 is 0 Å². The molecule has 2 aromatic rings. The molecule has 4 heteroatoms. The van der Waals surface area contributed by atoms with E-state index in [0.29, 0.717) is 21.7 Å². The summed E-state index contributed by atoms with van der Waals surface area (Å²) < 4.78 is 13.0. The molecule has 0 aliphatic rings. The number of nitrogens with zero attached hydrogens (tertiary/aromatic N) is 2. The third-order valence-corrected chi connectivity index (χ3v) is 2.35. The van der Waals surface area contributed by atoms with Crippen LogP contribution in [0.25, 0.3) is 11.1 Å². The molecule has 2 rings (SSSR count). The van der Waals surface area contributed by atoms with Gasteiger partial charge in [-0.05, 0) is 24.3 Å². The van der Waals surface area contributed by atoms with Gasteiger partial charge in [0, 0.05) is 22.3 Å². The van der Waals surface area contributed by atoms with E-state index in [4.69, 9.17) is 16.9 Å². The van der Waals surface area contributed by atoms with E-state index in [1.165, 1.54) is 12.3 Å². The Morgan fingerprint density at radius 3 is 2.75 bits per heavy atom. The first kappa shape index (κ1) is 10.6. The molecule has 1 heterocycles. The Kier molecular flexibility index (Phi) is 2.84. The highest BCUT2D eigenvalue weighted by atomic mass is 35.5. The van der Waals surface area contributed by atoms with Crippen molar-refractivity contribution in [2.45, 2.75) is 0 Å². The van der Waals surface area contributed by atoms with E-state index in [-0.39, 0.29) is 0 Å². The number of hydrogen-bond acceptors (Lipinski definition) is 2. The van der Waals surface area contributed by atoms with E-state index in [1.807, 2.05) is 6.07 Å². The minimum Gasteiger partial charge on any atom is -0.261 e. The fraction of sp³-hybridized carbons (Fsp3) is 0. The van der Waals surface area contributed by atoms with Crippen molar-refractivity contribution in [1.82, 2.24) is 4.98 Å². The average molecular weight is 233 g/mol. The Balaban J connectivity index is 2.64. The largest absolute Gasteiger partial charge is 0.261 e. The maximum Gasteiger partial charge on any atom is 0.142 e. The Labute approximate surface area is 96.9 Å². The van der Waals surface area contributed by atoms with Gasteiger partial charge >= 0.3 is 0 Å². The van der Waals surface area contributed by atoms with E-state index in [0.717, 1.165) is 6.20 Å². The first-order chi connectivity index (χ1) is 7.70. The van der Waals surface area contributed by atoms with E-state index in [1.54, 1.807) is 18.2 Å². The smallest absolute Gasteiger partial charge is 0.142 e. The Morgan fingerprint density at radius 1 is 1.25 bits per heavy atom. The summed E-state index contributed by atoms with van der Waals surface area (Å²) in [4.78, 5) is 3.74. The first-order valence-corrected chi connectivity index (χ1v) is 4.89. The van der Waals surface area contributed by atoms with Crippen LogP contribution in [0.1, 0.15) is 5.56 Å². The molecule has 16 heavy (non-hydrogen) atoms. The predicted molar refractivity (Wildman–Crippen MR) is 59.4 cm³/mol. The zero-order chi connectivity index (χ0) is 11.5. The lowest BCUT2D eigenvalue weighted by atomic mass is 10.0. The van der Waals surface area contributed by atoms with Gasteiger partial charge in [0.05, 0.1) is 17.8 Å². The molecular weight excluding hydrogens is 227 g/mol. The van der Waals surface area contributed by atoms with Crippen molar-refractivity contribution in [2.75, 3.05) is 0 Å². The van der Waals surface area contributed by atoms with Crippen LogP contribution in [0, 0.1) is 17.1 Å².